The van der Waals surface area contributed by atoms with Crippen LogP contribution in [0.15, 0.2) is 0 Å². The maximum Gasteiger partial charge on any atom is 0.315 e. The van der Waals surface area contributed by atoms with Crippen molar-refractivity contribution in [3.8, 4) is 0 Å². The molecule has 10 heteroatoms. The van der Waals surface area contributed by atoms with Crippen molar-refractivity contribution in [3.63, 3.8) is 0 Å². The van der Waals surface area contributed by atoms with Crippen molar-refractivity contribution in [1.82, 2.24) is 36.0 Å². The van der Waals surface area contributed by atoms with E-state index in [-0.39, 0.29) is 42.0 Å². The number of nitrogens with one attached hydrogen (secondary N) is 4. The minimum absolute atomic E-state index is 0.0265. The number of piperazine rings is 2. The van der Waals surface area contributed by atoms with Crippen molar-refractivity contribution in [2.24, 2.45) is 0 Å². The van der Waals surface area contributed by atoms with E-state index in [2.05, 4.69) is 31.1 Å². The highest BCUT2D eigenvalue weighted by Crippen LogP contribution is 2.26. The minimum atomic E-state index is -0.227. The molecule has 4 atom stereocenters. The van der Waals surface area contributed by atoms with Gasteiger partial charge in [-0.2, -0.15) is 0 Å². The van der Waals surface area contributed by atoms with Crippen LogP contribution in [0.3, 0.4) is 0 Å². The molecule has 4 rings (SSSR count). The van der Waals surface area contributed by atoms with Crippen LogP contribution >= 0.6 is 0 Å². The summed E-state index contributed by atoms with van der Waals surface area (Å²) in [6.07, 6.45) is 6.05. The van der Waals surface area contributed by atoms with Gasteiger partial charge in [-0.3, -0.25) is 19.4 Å². The molecule has 0 spiro atoms. The van der Waals surface area contributed by atoms with Gasteiger partial charge < -0.3 is 26.2 Å². The van der Waals surface area contributed by atoms with E-state index in [1.807, 2.05) is 18.7 Å². The van der Waals surface area contributed by atoms with Crippen LogP contribution < -0.4 is 21.3 Å². The first-order chi connectivity index (χ1) is 15.9. The Balaban J connectivity index is 1.23. The van der Waals surface area contributed by atoms with Gasteiger partial charge in [0.1, 0.15) is 0 Å². The molecule has 4 N–H and O–H groups in total. The number of carbonyl (C=O) groups excluding carboxylic acids is 3. The molecule has 0 aromatic rings. The summed E-state index contributed by atoms with van der Waals surface area (Å²) in [5, 5.41) is 12.5. The van der Waals surface area contributed by atoms with Crippen molar-refractivity contribution in [2.75, 3.05) is 45.8 Å². The summed E-state index contributed by atoms with van der Waals surface area (Å²) in [7, 11) is 0. The fourth-order valence-electron chi connectivity index (χ4n) is 5.71. The van der Waals surface area contributed by atoms with Gasteiger partial charge in [0.05, 0.1) is 12.2 Å². The molecule has 0 aromatic carbocycles. The second-order valence-corrected chi connectivity index (χ2v) is 10.2. The lowest BCUT2D eigenvalue weighted by Crippen LogP contribution is -2.58. The molecule has 4 heterocycles. The SMILES string of the molecule is CC(C)NC(=O)NC1CC2C(=O)NCC(CCC(=O)N3CCN(C4CCCCN4)CC3)N2C1. The number of rotatable bonds is 6. The van der Waals surface area contributed by atoms with E-state index in [0.29, 0.717) is 32.1 Å². The zero-order valence-electron chi connectivity index (χ0n) is 20.1. The van der Waals surface area contributed by atoms with Crippen molar-refractivity contribution in [3.05, 3.63) is 0 Å². The smallest absolute Gasteiger partial charge is 0.315 e. The normalized spacial score (nSPS) is 31.2. The lowest BCUT2D eigenvalue weighted by molar-refractivity contribution is -0.134. The topological polar surface area (TPSA) is 109 Å². The van der Waals surface area contributed by atoms with Crippen LogP contribution in [0, 0.1) is 0 Å². The van der Waals surface area contributed by atoms with Gasteiger partial charge in [-0.25, -0.2) is 4.79 Å². The predicted octanol–water partition coefficient (Wildman–Crippen LogP) is -0.341. The quantitative estimate of drug-likeness (QED) is 0.429. The third-order valence-corrected chi connectivity index (χ3v) is 7.46. The Kier molecular flexibility index (Phi) is 8.08. The van der Waals surface area contributed by atoms with E-state index in [1.165, 1.54) is 19.3 Å². The van der Waals surface area contributed by atoms with Crippen LogP contribution in [0.25, 0.3) is 0 Å². The molecule has 33 heavy (non-hydrogen) atoms. The molecule has 0 aliphatic carbocycles. The fraction of sp³-hybridized carbons (Fsp3) is 0.870. The van der Waals surface area contributed by atoms with Crippen molar-refractivity contribution < 1.29 is 14.4 Å². The number of piperidine rings is 1. The first-order valence-electron chi connectivity index (χ1n) is 12.8. The van der Waals surface area contributed by atoms with Gasteiger partial charge in [-0.1, -0.05) is 0 Å². The van der Waals surface area contributed by atoms with Crippen LogP contribution in [0.1, 0.15) is 52.4 Å². The molecule has 0 aromatic heterocycles. The van der Waals surface area contributed by atoms with Gasteiger partial charge in [-0.05, 0) is 52.5 Å². The van der Waals surface area contributed by atoms with E-state index < -0.39 is 0 Å². The first-order valence-corrected chi connectivity index (χ1v) is 12.8. The zero-order valence-corrected chi connectivity index (χ0v) is 20.1. The van der Waals surface area contributed by atoms with Gasteiger partial charge >= 0.3 is 6.03 Å². The first kappa shape index (κ1) is 24.2. The molecular weight excluding hydrogens is 422 g/mol. The van der Waals surface area contributed by atoms with Gasteiger partial charge in [0, 0.05) is 63.8 Å². The number of fused-ring (bicyclic) bond motifs is 1. The average Bonchev–Trinajstić information content (AvgIpc) is 3.23. The molecule has 4 unspecified atom stereocenters. The summed E-state index contributed by atoms with van der Waals surface area (Å²) >= 11 is 0. The molecular formula is C23H41N7O3. The van der Waals surface area contributed by atoms with Crippen molar-refractivity contribution >= 4 is 17.8 Å². The Morgan fingerprint density at radius 2 is 1.94 bits per heavy atom. The number of hydrogen-bond acceptors (Lipinski definition) is 6. The highest BCUT2D eigenvalue weighted by molar-refractivity contribution is 5.83. The van der Waals surface area contributed by atoms with Gasteiger partial charge in [-0.15, -0.1) is 0 Å². The predicted molar refractivity (Wildman–Crippen MR) is 126 cm³/mol. The summed E-state index contributed by atoms with van der Waals surface area (Å²) in [4.78, 5) is 44.1. The van der Waals surface area contributed by atoms with Gasteiger partial charge in [0.15, 0.2) is 0 Å². The molecule has 0 radical (unpaired) electrons. The fourth-order valence-corrected chi connectivity index (χ4v) is 5.71. The number of hydrogen-bond donors (Lipinski definition) is 4. The lowest BCUT2D eigenvalue weighted by Gasteiger charge is -2.41. The van der Waals surface area contributed by atoms with E-state index in [1.54, 1.807) is 0 Å². The summed E-state index contributed by atoms with van der Waals surface area (Å²) in [6, 6.07) is -0.280. The largest absolute Gasteiger partial charge is 0.353 e. The lowest BCUT2D eigenvalue weighted by atomic mass is 10.0. The summed E-state index contributed by atoms with van der Waals surface area (Å²) in [5.74, 6) is 0.239. The number of nitrogens with zero attached hydrogens (tertiary/aromatic N) is 3. The van der Waals surface area contributed by atoms with Crippen LogP contribution in [0.5, 0.6) is 0 Å². The standard InChI is InChI=1S/C23H41N7O3/c1-16(2)26-23(33)27-17-13-19-22(32)25-14-18(30(19)15-17)6-7-21(31)29-11-9-28(10-12-29)20-5-3-4-8-24-20/h16-20,24H,3-15H2,1-2H3,(H,25,32)(H2,26,27,33). The monoisotopic (exact) mass is 463 g/mol. The Labute approximate surface area is 197 Å². The molecule has 4 saturated heterocycles. The van der Waals surface area contributed by atoms with Crippen LogP contribution in [-0.2, 0) is 9.59 Å². The Morgan fingerprint density at radius 1 is 1.15 bits per heavy atom. The molecule has 4 amide bonds. The summed E-state index contributed by atoms with van der Waals surface area (Å²) in [5.41, 5.74) is 0. The van der Waals surface area contributed by atoms with Crippen LogP contribution in [-0.4, -0.2) is 109 Å². The molecule has 0 bridgehead atoms. The van der Waals surface area contributed by atoms with Gasteiger partial charge in [0.25, 0.3) is 0 Å². The highest BCUT2D eigenvalue weighted by Gasteiger charge is 2.44. The molecule has 10 nitrogen and oxygen atoms in total. The third-order valence-electron chi connectivity index (χ3n) is 7.46. The summed E-state index contributed by atoms with van der Waals surface area (Å²) in [6.45, 7) is 9.60. The van der Waals surface area contributed by atoms with Crippen LogP contribution in [0.2, 0.25) is 0 Å². The Morgan fingerprint density at radius 3 is 2.64 bits per heavy atom. The second-order valence-electron chi connectivity index (χ2n) is 10.2. The van der Waals surface area contributed by atoms with Crippen LogP contribution in [0.4, 0.5) is 4.79 Å². The van der Waals surface area contributed by atoms with Crippen molar-refractivity contribution in [1.29, 1.82) is 0 Å². The number of carbonyl (C=O) groups is 3. The minimum Gasteiger partial charge on any atom is -0.353 e. The third kappa shape index (κ3) is 6.16. The van der Waals surface area contributed by atoms with E-state index in [9.17, 15) is 14.4 Å². The summed E-state index contributed by atoms with van der Waals surface area (Å²) < 4.78 is 0. The average molecular weight is 464 g/mol. The maximum absolute atomic E-state index is 12.9. The molecule has 186 valence electrons. The molecule has 4 fully saturated rings. The Hall–Kier alpha value is -1.91. The van der Waals surface area contributed by atoms with Gasteiger partial charge in [0.2, 0.25) is 11.8 Å². The molecule has 4 aliphatic heterocycles. The molecule has 0 saturated carbocycles. The molecule has 4 aliphatic rings. The second kappa shape index (κ2) is 11.0. The van der Waals surface area contributed by atoms with E-state index in [0.717, 1.165) is 39.1 Å². The number of urea groups is 1. The zero-order chi connectivity index (χ0) is 23.4. The van der Waals surface area contributed by atoms with E-state index in [4.69, 9.17) is 0 Å². The maximum atomic E-state index is 12.9. The Bertz CT molecular complexity index is 704. The van der Waals surface area contributed by atoms with E-state index >= 15 is 0 Å². The highest BCUT2D eigenvalue weighted by atomic mass is 16.2. The number of amides is 4. The van der Waals surface area contributed by atoms with Crippen molar-refractivity contribution in [2.45, 2.75) is 82.7 Å².